The summed E-state index contributed by atoms with van der Waals surface area (Å²) < 4.78 is 5.09. The first-order valence-corrected chi connectivity index (χ1v) is 7.75. The van der Waals surface area contributed by atoms with E-state index in [1.807, 2.05) is 0 Å². The molecule has 0 heterocycles. The molecule has 6 nitrogen and oxygen atoms in total. The predicted octanol–water partition coefficient (Wildman–Crippen LogP) is 3.00. The molecule has 0 radical (unpaired) electrons. The summed E-state index contributed by atoms with van der Waals surface area (Å²) >= 11 is 0. The highest BCUT2D eigenvalue weighted by Crippen LogP contribution is 2.16. The lowest BCUT2D eigenvalue weighted by Gasteiger charge is -2.19. The molecule has 128 valence electrons. The third-order valence-corrected chi connectivity index (χ3v) is 3.09. The average molecular weight is 315 g/mol. The van der Waals surface area contributed by atoms with Gasteiger partial charge in [-0.2, -0.15) is 0 Å². The van der Waals surface area contributed by atoms with Gasteiger partial charge in [-0.25, -0.2) is 4.79 Å². The van der Waals surface area contributed by atoms with E-state index in [0.717, 1.165) is 0 Å². The molecule has 0 aromatic rings. The molecule has 0 saturated heterocycles. The summed E-state index contributed by atoms with van der Waals surface area (Å²) in [6.45, 7) is 9.33. The molecule has 0 aliphatic rings. The maximum atomic E-state index is 11.6. The summed E-state index contributed by atoms with van der Waals surface area (Å²) in [5.41, 5.74) is -0.532. The predicted molar refractivity (Wildman–Crippen MR) is 83.7 cm³/mol. The molecule has 1 unspecified atom stereocenters. The minimum atomic E-state index is -0.936. The summed E-state index contributed by atoms with van der Waals surface area (Å²) in [5, 5.41) is 11.8. The fourth-order valence-electron chi connectivity index (χ4n) is 1.81. The smallest absolute Gasteiger partial charge is 0.407 e. The van der Waals surface area contributed by atoms with E-state index in [0.29, 0.717) is 25.8 Å². The molecule has 22 heavy (non-hydrogen) atoms. The van der Waals surface area contributed by atoms with E-state index < -0.39 is 23.6 Å². The maximum absolute atomic E-state index is 11.6. The number of hydrogen-bond donors (Lipinski definition) is 2. The summed E-state index contributed by atoms with van der Waals surface area (Å²) in [6, 6.07) is 0. The summed E-state index contributed by atoms with van der Waals surface area (Å²) in [4.78, 5) is 34.2. The van der Waals surface area contributed by atoms with Gasteiger partial charge in [0.05, 0.1) is 5.92 Å². The van der Waals surface area contributed by atoms with E-state index in [2.05, 4.69) is 5.32 Å². The van der Waals surface area contributed by atoms with Crippen LogP contribution in [0.1, 0.15) is 60.3 Å². The molecule has 6 heteroatoms. The lowest BCUT2D eigenvalue weighted by Crippen LogP contribution is -2.33. The average Bonchev–Trinajstić information content (AvgIpc) is 2.34. The number of ether oxygens (including phenoxy) is 1. The van der Waals surface area contributed by atoms with Crippen molar-refractivity contribution in [3.8, 4) is 0 Å². The molecule has 0 spiro atoms. The number of hydrogen-bond acceptors (Lipinski definition) is 4. The number of alkyl carbamates (subject to hydrolysis) is 1. The van der Waals surface area contributed by atoms with E-state index in [1.54, 1.807) is 34.6 Å². The Morgan fingerprint density at radius 1 is 1.14 bits per heavy atom. The Morgan fingerprint density at radius 2 is 1.73 bits per heavy atom. The van der Waals surface area contributed by atoms with Crippen molar-refractivity contribution in [1.29, 1.82) is 0 Å². The van der Waals surface area contributed by atoms with Crippen LogP contribution in [0.3, 0.4) is 0 Å². The summed E-state index contributed by atoms with van der Waals surface area (Å²) in [6.07, 6.45) is 1.32. The summed E-state index contributed by atoms with van der Waals surface area (Å²) in [7, 11) is 0. The van der Waals surface area contributed by atoms with E-state index >= 15 is 0 Å². The van der Waals surface area contributed by atoms with Crippen LogP contribution in [0.5, 0.6) is 0 Å². The highest BCUT2D eigenvalue weighted by Gasteiger charge is 2.22. The molecule has 2 N–H and O–H groups in total. The van der Waals surface area contributed by atoms with E-state index in [-0.39, 0.29) is 18.1 Å². The van der Waals surface area contributed by atoms with Gasteiger partial charge in [0.1, 0.15) is 11.4 Å². The highest BCUT2D eigenvalue weighted by atomic mass is 16.6. The number of carboxylic acids is 1. The van der Waals surface area contributed by atoms with Crippen molar-refractivity contribution < 1.29 is 24.2 Å². The zero-order valence-corrected chi connectivity index (χ0v) is 14.3. The monoisotopic (exact) mass is 315 g/mol. The molecule has 0 aromatic heterocycles. The van der Waals surface area contributed by atoms with Crippen LogP contribution in [0.15, 0.2) is 0 Å². The third-order valence-electron chi connectivity index (χ3n) is 3.09. The first-order valence-electron chi connectivity index (χ1n) is 7.75. The molecule has 0 aliphatic carbocycles. The fraction of sp³-hybridized carbons (Fsp3) is 0.812. The van der Waals surface area contributed by atoms with Gasteiger partial charge in [-0.3, -0.25) is 9.59 Å². The van der Waals surface area contributed by atoms with Crippen molar-refractivity contribution in [3.05, 3.63) is 0 Å². The van der Waals surface area contributed by atoms with Crippen LogP contribution in [0, 0.1) is 11.8 Å². The number of nitrogens with one attached hydrogen (secondary N) is 1. The maximum Gasteiger partial charge on any atom is 0.407 e. The molecule has 0 aromatic carbocycles. The molecule has 1 amide bonds. The highest BCUT2D eigenvalue weighted by molar-refractivity contribution is 5.85. The van der Waals surface area contributed by atoms with Gasteiger partial charge in [-0.15, -0.1) is 0 Å². The van der Waals surface area contributed by atoms with Gasteiger partial charge in [0.25, 0.3) is 0 Å². The van der Waals surface area contributed by atoms with Crippen LogP contribution in [-0.2, 0) is 14.3 Å². The quantitative estimate of drug-likeness (QED) is 0.638. The van der Waals surface area contributed by atoms with E-state index in [9.17, 15) is 14.4 Å². The number of unbranched alkanes of at least 4 members (excludes halogenated alkanes) is 1. The second kappa shape index (κ2) is 9.43. The number of Topliss-reactive ketones (excluding diaryl/α,β-unsaturated/α-hetero) is 1. The van der Waals surface area contributed by atoms with Gasteiger partial charge < -0.3 is 15.2 Å². The second-order valence-corrected chi connectivity index (χ2v) is 6.78. The molecule has 0 saturated carbocycles. The lowest BCUT2D eigenvalue weighted by molar-refractivity contribution is -0.144. The van der Waals surface area contributed by atoms with Crippen LogP contribution < -0.4 is 5.32 Å². The minimum absolute atomic E-state index is 0.0284. The van der Waals surface area contributed by atoms with E-state index in [4.69, 9.17) is 9.84 Å². The first-order chi connectivity index (χ1) is 10.0. The molecule has 1 atom stereocenters. The SMILES string of the molecule is CC(C)C(=O)CC(CCCCNC(=O)OC(C)(C)C)C(=O)O. The number of carbonyl (C=O) groups excluding carboxylic acids is 2. The molecule has 0 bridgehead atoms. The largest absolute Gasteiger partial charge is 0.481 e. The molecular formula is C16H29NO5. The van der Waals surface area contributed by atoms with Crippen LogP contribution in [0.2, 0.25) is 0 Å². The zero-order chi connectivity index (χ0) is 17.3. The topological polar surface area (TPSA) is 92.7 Å². The second-order valence-electron chi connectivity index (χ2n) is 6.78. The molecular weight excluding hydrogens is 286 g/mol. The van der Waals surface area contributed by atoms with Crippen molar-refractivity contribution >= 4 is 17.8 Å². The normalized spacial score (nSPS) is 12.8. The van der Waals surface area contributed by atoms with Gasteiger partial charge >= 0.3 is 12.1 Å². The van der Waals surface area contributed by atoms with E-state index in [1.165, 1.54) is 0 Å². The Kier molecular flexibility index (Phi) is 8.75. The number of ketones is 1. The zero-order valence-electron chi connectivity index (χ0n) is 14.3. The third kappa shape index (κ3) is 10.2. The Morgan fingerprint density at radius 3 is 2.18 bits per heavy atom. The van der Waals surface area contributed by atoms with Crippen molar-refractivity contribution in [2.75, 3.05) is 6.54 Å². The van der Waals surface area contributed by atoms with Crippen LogP contribution in [-0.4, -0.2) is 35.1 Å². The van der Waals surface area contributed by atoms with Crippen molar-refractivity contribution in [1.82, 2.24) is 5.32 Å². The van der Waals surface area contributed by atoms with Crippen LogP contribution >= 0.6 is 0 Å². The van der Waals surface area contributed by atoms with Gasteiger partial charge in [-0.05, 0) is 33.6 Å². The fourth-order valence-corrected chi connectivity index (χ4v) is 1.81. The number of rotatable bonds is 9. The standard InChI is InChI=1S/C16H29NO5/c1-11(2)13(18)10-12(14(19)20)8-6-7-9-17-15(21)22-16(3,4)5/h11-12H,6-10H2,1-5H3,(H,17,21)(H,19,20). The number of aliphatic carboxylic acids is 1. The Labute approximate surface area is 132 Å². The van der Waals surface area contributed by atoms with Gasteiger partial charge in [-0.1, -0.05) is 20.3 Å². The Balaban J connectivity index is 3.98. The van der Waals surface area contributed by atoms with Crippen LogP contribution in [0.25, 0.3) is 0 Å². The minimum Gasteiger partial charge on any atom is -0.481 e. The lowest BCUT2D eigenvalue weighted by atomic mass is 9.92. The van der Waals surface area contributed by atoms with Gasteiger partial charge in [0.15, 0.2) is 0 Å². The molecule has 0 rings (SSSR count). The molecule has 0 fully saturated rings. The van der Waals surface area contributed by atoms with Crippen molar-refractivity contribution in [2.24, 2.45) is 11.8 Å². The van der Waals surface area contributed by atoms with Gasteiger partial charge in [0.2, 0.25) is 0 Å². The number of amides is 1. The molecule has 0 aliphatic heterocycles. The Hall–Kier alpha value is -1.59. The first kappa shape index (κ1) is 20.4. The van der Waals surface area contributed by atoms with Crippen molar-refractivity contribution in [2.45, 2.75) is 65.9 Å². The van der Waals surface area contributed by atoms with Crippen molar-refractivity contribution in [3.63, 3.8) is 0 Å². The summed E-state index contributed by atoms with van der Waals surface area (Å²) in [5.74, 6) is -1.75. The number of carboxylic acid groups (broad SMARTS) is 1. The van der Waals surface area contributed by atoms with Crippen LogP contribution in [0.4, 0.5) is 4.79 Å². The number of carbonyl (C=O) groups is 3. The van der Waals surface area contributed by atoms with Gasteiger partial charge in [0, 0.05) is 18.9 Å². The Bertz CT molecular complexity index is 384.